The molecule has 7 nitrogen and oxygen atoms in total. The summed E-state index contributed by atoms with van der Waals surface area (Å²) < 4.78 is 44.9. The van der Waals surface area contributed by atoms with Gasteiger partial charge in [-0.15, -0.1) is 0 Å². The lowest BCUT2D eigenvalue weighted by Gasteiger charge is -2.28. The molecule has 0 bridgehead atoms. The summed E-state index contributed by atoms with van der Waals surface area (Å²) in [5.74, 6) is -2.78. The highest BCUT2D eigenvalue weighted by molar-refractivity contribution is 5.77. The number of hydrogen-bond acceptors (Lipinski definition) is 6. The molecule has 0 spiro atoms. The highest BCUT2D eigenvalue weighted by Gasteiger charge is 2.42. The van der Waals surface area contributed by atoms with Gasteiger partial charge in [0.05, 0.1) is 11.7 Å². The topological polar surface area (TPSA) is 92.1 Å². The maximum atomic E-state index is 15.5. The number of aliphatic hydroxyl groups excluding tert-OH is 1. The molecule has 10 heteroatoms. The fourth-order valence-electron chi connectivity index (χ4n) is 3.93. The van der Waals surface area contributed by atoms with Crippen LogP contribution in [0.1, 0.15) is 31.9 Å². The molecule has 2 aromatic rings. The van der Waals surface area contributed by atoms with Crippen LogP contribution in [0, 0.1) is 6.42 Å². The number of halogens is 3. The fraction of sp³-hybridized carbons (Fsp3) is 0.429. The molecule has 31 heavy (non-hydrogen) atoms. The predicted octanol–water partition coefficient (Wildman–Crippen LogP) is 2.60. The van der Waals surface area contributed by atoms with E-state index in [9.17, 15) is 18.7 Å². The molecular weight excluding hydrogens is 411 g/mol. The van der Waals surface area contributed by atoms with Gasteiger partial charge in [-0.05, 0) is 32.4 Å². The summed E-state index contributed by atoms with van der Waals surface area (Å²) in [5.41, 5.74) is -4.12. The van der Waals surface area contributed by atoms with Crippen LogP contribution < -0.4 is 16.2 Å². The van der Waals surface area contributed by atoms with Gasteiger partial charge >= 0.3 is 0 Å². The van der Waals surface area contributed by atoms with Crippen LogP contribution in [-0.4, -0.2) is 44.9 Å². The van der Waals surface area contributed by atoms with Crippen molar-refractivity contribution in [1.29, 1.82) is 0 Å². The van der Waals surface area contributed by atoms with Crippen molar-refractivity contribution in [2.45, 2.75) is 44.1 Å². The lowest BCUT2D eigenvalue weighted by atomic mass is 9.90. The van der Waals surface area contributed by atoms with E-state index in [2.05, 4.69) is 20.6 Å². The number of aliphatic hydroxyl groups is 1. The maximum absolute atomic E-state index is 15.5. The van der Waals surface area contributed by atoms with Gasteiger partial charge < -0.3 is 15.7 Å². The zero-order valence-electron chi connectivity index (χ0n) is 17.1. The van der Waals surface area contributed by atoms with Crippen LogP contribution in [0.15, 0.2) is 40.9 Å². The van der Waals surface area contributed by atoms with Gasteiger partial charge in [-0.25, -0.2) is 18.2 Å². The molecule has 1 aliphatic heterocycles. The molecule has 0 aromatic carbocycles. The van der Waals surface area contributed by atoms with Crippen molar-refractivity contribution in [3.63, 3.8) is 0 Å². The fourth-order valence-corrected chi connectivity index (χ4v) is 3.93. The Kier molecular flexibility index (Phi) is 5.61. The van der Waals surface area contributed by atoms with Crippen LogP contribution >= 0.6 is 0 Å². The van der Waals surface area contributed by atoms with Gasteiger partial charge in [0.2, 0.25) is 11.6 Å². The minimum Gasteiger partial charge on any atom is -0.392 e. The Bertz CT molecular complexity index is 1130. The average Bonchev–Trinajstić information content (AvgIpc) is 2.71. The molecule has 1 aliphatic carbocycles. The highest BCUT2D eigenvalue weighted by Crippen LogP contribution is 2.41. The number of nitrogens with zero attached hydrogens (tertiary/aromatic N) is 3. The summed E-state index contributed by atoms with van der Waals surface area (Å²) >= 11 is 0. The van der Waals surface area contributed by atoms with E-state index in [-0.39, 0.29) is 17.6 Å². The number of fused-ring (bicyclic) bond motifs is 1. The minimum absolute atomic E-state index is 0.111. The Balaban J connectivity index is 1.82. The molecule has 1 saturated heterocycles. The molecule has 2 aromatic heterocycles. The van der Waals surface area contributed by atoms with Gasteiger partial charge in [0.1, 0.15) is 11.5 Å². The first-order valence-corrected chi connectivity index (χ1v) is 10.1. The van der Waals surface area contributed by atoms with Crippen LogP contribution in [-0.2, 0) is 5.67 Å². The average molecular weight is 434 g/mol. The van der Waals surface area contributed by atoms with E-state index < -0.39 is 40.6 Å². The lowest BCUT2D eigenvalue weighted by Crippen LogP contribution is -2.46. The van der Waals surface area contributed by atoms with E-state index in [1.807, 2.05) is 0 Å². The van der Waals surface area contributed by atoms with Crippen LogP contribution in [0.2, 0.25) is 0 Å². The van der Waals surface area contributed by atoms with Gasteiger partial charge in [-0.2, -0.15) is 4.98 Å². The number of hydrogen-bond donors (Lipinski definition) is 3. The predicted molar refractivity (Wildman–Crippen MR) is 111 cm³/mol. The van der Waals surface area contributed by atoms with Gasteiger partial charge in [0.25, 0.3) is 5.56 Å². The van der Waals surface area contributed by atoms with Crippen molar-refractivity contribution in [1.82, 2.24) is 19.9 Å². The van der Waals surface area contributed by atoms with Gasteiger partial charge in [0.15, 0.2) is 5.83 Å². The number of nitrogens with one attached hydrogen (secondary N) is 2. The first-order valence-electron chi connectivity index (χ1n) is 10.1. The first-order chi connectivity index (χ1) is 14.7. The zero-order valence-corrected chi connectivity index (χ0v) is 17.1. The Morgan fingerprint density at radius 1 is 1.35 bits per heavy atom. The smallest absolute Gasteiger partial charge is 0.259 e. The van der Waals surface area contributed by atoms with E-state index in [0.717, 1.165) is 24.6 Å². The van der Waals surface area contributed by atoms with Crippen molar-refractivity contribution in [2.75, 3.05) is 18.4 Å². The zero-order chi connectivity index (χ0) is 22.3. The van der Waals surface area contributed by atoms with Crippen molar-refractivity contribution in [3.8, 4) is 0 Å². The number of alkyl halides is 1. The van der Waals surface area contributed by atoms with E-state index in [4.69, 9.17) is 0 Å². The summed E-state index contributed by atoms with van der Waals surface area (Å²) in [5, 5.41) is 16.3. The molecule has 165 valence electrons. The van der Waals surface area contributed by atoms with E-state index in [1.54, 1.807) is 13.8 Å². The first kappa shape index (κ1) is 21.5. The van der Waals surface area contributed by atoms with Crippen LogP contribution in [0.25, 0.3) is 11.0 Å². The Hall–Kier alpha value is -2.72. The number of rotatable bonds is 4. The third-order valence-electron chi connectivity index (χ3n) is 5.44. The minimum atomic E-state index is -3.01. The molecule has 2 aliphatic rings. The molecule has 0 amide bonds. The molecular formula is C21H23F3N5O2. The quantitative estimate of drug-likeness (QED) is 0.685. The number of β-amino-alcohol motifs (C(OH)–C–C–N with tert-alkyl or cyclic N) is 1. The molecule has 3 heterocycles. The number of aromatic nitrogens is 3. The number of anilines is 1. The van der Waals surface area contributed by atoms with E-state index in [1.165, 1.54) is 10.8 Å². The second kappa shape index (κ2) is 8.08. The monoisotopic (exact) mass is 434 g/mol. The van der Waals surface area contributed by atoms with Crippen LogP contribution in [0.4, 0.5) is 19.1 Å². The summed E-state index contributed by atoms with van der Waals surface area (Å²) in [6, 6.07) is 0.615. The van der Waals surface area contributed by atoms with Gasteiger partial charge in [0, 0.05) is 43.2 Å². The molecule has 0 saturated carbocycles. The van der Waals surface area contributed by atoms with E-state index in [0.29, 0.717) is 24.9 Å². The third kappa shape index (κ3) is 3.85. The molecule has 4 rings (SSSR count). The van der Waals surface area contributed by atoms with Gasteiger partial charge in [-0.1, -0.05) is 6.08 Å². The summed E-state index contributed by atoms with van der Waals surface area (Å²) in [6.45, 7) is 4.54. The van der Waals surface area contributed by atoms with Crippen molar-refractivity contribution >= 4 is 17.0 Å². The molecule has 3 atom stereocenters. The Morgan fingerprint density at radius 3 is 2.84 bits per heavy atom. The van der Waals surface area contributed by atoms with Crippen LogP contribution in [0.3, 0.4) is 0 Å². The second-order valence-electron chi connectivity index (χ2n) is 8.09. The van der Waals surface area contributed by atoms with Gasteiger partial charge in [-0.3, -0.25) is 9.36 Å². The van der Waals surface area contributed by atoms with Crippen LogP contribution in [0.5, 0.6) is 0 Å². The Labute approximate surface area is 176 Å². The third-order valence-corrected chi connectivity index (χ3v) is 5.44. The maximum Gasteiger partial charge on any atom is 0.259 e. The van der Waals surface area contributed by atoms with E-state index >= 15 is 4.39 Å². The second-order valence-corrected chi connectivity index (χ2v) is 8.09. The number of piperidine rings is 1. The normalized spacial score (nSPS) is 26.7. The summed E-state index contributed by atoms with van der Waals surface area (Å²) in [7, 11) is 0. The molecule has 3 N–H and O–H groups in total. The summed E-state index contributed by atoms with van der Waals surface area (Å²) in [4.78, 5) is 21.8. The Morgan fingerprint density at radius 2 is 2.13 bits per heavy atom. The highest BCUT2D eigenvalue weighted by atomic mass is 19.2. The van der Waals surface area contributed by atoms with Crippen molar-refractivity contribution < 1.29 is 18.3 Å². The number of allylic oxidation sites excluding steroid dienone is 4. The molecule has 1 fully saturated rings. The summed E-state index contributed by atoms with van der Waals surface area (Å²) in [6.07, 6.45) is 4.07. The largest absolute Gasteiger partial charge is 0.392 e. The molecule has 1 radical (unpaired) electrons. The molecule has 1 unspecified atom stereocenters. The standard InChI is InChI=1S/C21H23F3N5O2/c1-11(2)29-18-12(8-26-20(28-18)27-13-7-14(30)10-25-9-13)6-15(19(29)31)21(24)5-3-4-16(22)17(21)23/h3-6,8,11,13-14,25,30H,7,9-10H2,1-2H3,(H,26,27,28)/t13-,14+,21?/m1/s1. The van der Waals surface area contributed by atoms with Crippen molar-refractivity contribution in [3.05, 3.63) is 58.4 Å². The lowest BCUT2D eigenvalue weighted by molar-refractivity contribution is 0.136. The SMILES string of the molecule is CC(C)n1c(=O)c(C2(F)C=C[CH]C(F)=C2F)cc2cnc(N[C@H]3CNC[C@@H](O)C3)nc21. The number of pyridine rings is 1. The van der Waals surface area contributed by atoms with Crippen molar-refractivity contribution in [2.24, 2.45) is 0 Å².